The van der Waals surface area contributed by atoms with Gasteiger partial charge in [0.1, 0.15) is 22.3 Å². The Kier molecular flexibility index (Phi) is 3.27. The number of para-hydroxylation sites is 1. The largest absolute Gasteiger partial charge is 0.508 e. The zero-order chi connectivity index (χ0) is 15.0. The molecule has 3 aromatic rings. The van der Waals surface area contributed by atoms with E-state index in [9.17, 15) is 15.3 Å². The van der Waals surface area contributed by atoms with Crippen LogP contribution in [-0.4, -0.2) is 20.3 Å². The second-order valence-electron chi connectivity index (χ2n) is 4.66. The van der Waals surface area contributed by atoms with Crippen LogP contribution >= 0.6 is 11.3 Å². The highest BCUT2D eigenvalue weighted by atomic mass is 32.1. The van der Waals surface area contributed by atoms with E-state index in [1.807, 2.05) is 24.3 Å². The third kappa shape index (κ3) is 2.43. The third-order valence-electron chi connectivity index (χ3n) is 3.25. The number of rotatable bonds is 2. The van der Waals surface area contributed by atoms with Crippen LogP contribution in [0, 0.1) is 6.92 Å². The molecule has 0 unspecified atom stereocenters. The summed E-state index contributed by atoms with van der Waals surface area (Å²) >= 11 is 1.45. The summed E-state index contributed by atoms with van der Waals surface area (Å²) in [6.07, 6.45) is 1.51. The number of nitrogens with zero attached hydrogens (tertiary/aromatic N) is 1. The van der Waals surface area contributed by atoms with Crippen molar-refractivity contribution < 1.29 is 15.3 Å². The minimum atomic E-state index is -0.134. The molecule has 0 saturated heterocycles. The number of aliphatic hydroxyl groups is 1. The van der Waals surface area contributed by atoms with Crippen molar-refractivity contribution in [3.05, 3.63) is 52.5 Å². The number of aromatic nitrogens is 1. The van der Waals surface area contributed by atoms with Crippen molar-refractivity contribution in [1.82, 2.24) is 4.98 Å². The number of phenolic OH excluding ortho intramolecular Hbond substituents is 2. The molecule has 5 heteroatoms. The fourth-order valence-corrected chi connectivity index (χ4v) is 2.95. The van der Waals surface area contributed by atoms with E-state index in [1.165, 1.54) is 29.5 Å². The maximum atomic E-state index is 10.2. The van der Waals surface area contributed by atoms with Crippen LogP contribution in [0.4, 0.5) is 0 Å². The molecule has 0 atom stereocenters. The molecular weight excluding hydrogens is 286 g/mol. The van der Waals surface area contributed by atoms with Gasteiger partial charge in [0.05, 0.1) is 15.8 Å². The molecule has 1 heterocycles. The van der Waals surface area contributed by atoms with E-state index in [2.05, 4.69) is 4.98 Å². The summed E-state index contributed by atoms with van der Waals surface area (Å²) in [6, 6.07) is 10.6. The number of aliphatic hydroxyl groups excluding tert-OH is 1. The molecule has 3 N–H and O–H groups in total. The summed E-state index contributed by atoms with van der Waals surface area (Å²) in [5, 5.41) is 30.3. The number of fused-ring (bicyclic) bond motifs is 1. The van der Waals surface area contributed by atoms with Crippen LogP contribution in [0.3, 0.4) is 0 Å². The van der Waals surface area contributed by atoms with Crippen LogP contribution in [-0.2, 0) is 0 Å². The maximum absolute atomic E-state index is 10.2. The minimum absolute atomic E-state index is 0.0102. The lowest BCUT2D eigenvalue weighted by atomic mass is 10.1. The standard InChI is InChI=1S/C16H13NO3S/c1-9-12(18)7-6-10(16(9)20)13(19)8-15-17-11-4-2-3-5-14(11)21-15/h2-8,18-20H,1H3. The van der Waals surface area contributed by atoms with Crippen molar-refractivity contribution in [2.24, 2.45) is 0 Å². The average Bonchev–Trinajstić information content (AvgIpc) is 2.86. The molecule has 4 nitrogen and oxygen atoms in total. The van der Waals surface area contributed by atoms with Gasteiger partial charge in [-0.05, 0) is 31.2 Å². The van der Waals surface area contributed by atoms with Crippen LogP contribution in [0.1, 0.15) is 16.1 Å². The SMILES string of the molecule is Cc1c(O)ccc(C(O)=Cc2nc3ccccc3s2)c1O. The number of aromatic hydroxyl groups is 2. The van der Waals surface area contributed by atoms with Crippen molar-refractivity contribution in [3.63, 3.8) is 0 Å². The topological polar surface area (TPSA) is 73.6 Å². The molecule has 0 radical (unpaired) electrons. The van der Waals surface area contributed by atoms with Gasteiger partial charge >= 0.3 is 0 Å². The first-order valence-electron chi connectivity index (χ1n) is 6.34. The molecular formula is C16H13NO3S. The molecule has 0 saturated carbocycles. The highest BCUT2D eigenvalue weighted by Gasteiger charge is 2.12. The molecule has 0 amide bonds. The van der Waals surface area contributed by atoms with Crippen LogP contribution in [0.5, 0.6) is 11.5 Å². The molecule has 0 bridgehead atoms. The normalized spacial score (nSPS) is 12.0. The maximum Gasteiger partial charge on any atom is 0.133 e. The molecule has 106 valence electrons. The van der Waals surface area contributed by atoms with Gasteiger partial charge < -0.3 is 15.3 Å². The summed E-state index contributed by atoms with van der Waals surface area (Å²) in [4.78, 5) is 4.40. The Morgan fingerprint density at radius 2 is 1.90 bits per heavy atom. The van der Waals surface area contributed by atoms with E-state index in [4.69, 9.17) is 0 Å². The van der Waals surface area contributed by atoms with E-state index in [-0.39, 0.29) is 22.8 Å². The average molecular weight is 299 g/mol. The van der Waals surface area contributed by atoms with E-state index in [0.29, 0.717) is 10.6 Å². The van der Waals surface area contributed by atoms with Crippen molar-refractivity contribution in [1.29, 1.82) is 0 Å². The summed E-state index contributed by atoms with van der Waals surface area (Å²) in [5.74, 6) is -0.233. The van der Waals surface area contributed by atoms with E-state index < -0.39 is 0 Å². The zero-order valence-electron chi connectivity index (χ0n) is 11.2. The molecule has 0 fully saturated rings. The number of hydrogen-bond acceptors (Lipinski definition) is 5. The van der Waals surface area contributed by atoms with Gasteiger partial charge in [-0.25, -0.2) is 4.98 Å². The van der Waals surface area contributed by atoms with Gasteiger partial charge in [-0.15, -0.1) is 11.3 Å². The first kappa shape index (κ1) is 13.5. The Balaban J connectivity index is 2.05. The van der Waals surface area contributed by atoms with Crippen molar-refractivity contribution in [2.75, 3.05) is 0 Å². The van der Waals surface area contributed by atoms with Gasteiger partial charge in [-0.2, -0.15) is 0 Å². The highest BCUT2D eigenvalue weighted by molar-refractivity contribution is 7.19. The van der Waals surface area contributed by atoms with Gasteiger partial charge in [-0.3, -0.25) is 0 Å². The minimum Gasteiger partial charge on any atom is -0.508 e. The Bertz CT molecular complexity index is 819. The Morgan fingerprint density at radius 3 is 2.67 bits per heavy atom. The monoisotopic (exact) mass is 299 g/mol. The number of phenols is 2. The molecule has 0 aliphatic heterocycles. The fraction of sp³-hybridized carbons (Fsp3) is 0.0625. The van der Waals surface area contributed by atoms with Crippen LogP contribution < -0.4 is 0 Å². The summed E-state index contributed by atoms with van der Waals surface area (Å²) in [6.45, 7) is 1.58. The predicted molar refractivity (Wildman–Crippen MR) is 84.6 cm³/mol. The number of benzene rings is 2. The molecule has 0 aliphatic carbocycles. The second-order valence-corrected chi connectivity index (χ2v) is 5.72. The van der Waals surface area contributed by atoms with Crippen molar-refractivity contribution >= 4 is 33.4 Å². The van der Waals surface area contributed by atoms with E-state index in [0.717, 1.165) is 10.2 Å². The smallest absolute Gasteiger partial charge is 0.133 e. The van der Waals surface area contributed by atoms with Crippen LogP contribution in [0.15, 0.2) is 36.4 Å². The van der Waals surface area contributed by atoms with Crippen molar-refractivity contribution in [3.8, 4) is 11.5 Å². The van der Waals surface area contributed by atoms with Crippen molar-refractivity contribution in [2.45, 2.75) is 6.92 Å². The van der Waals surface area contributed by atoms with E-state index >= 15 is 0 Å². The van der Waals surface area contributed by atoms with Crippen LogP contribution in [0.25, 0.3) is 22.1 Å². The summed E-state index contributed by atoms with van der Waals surface area (Å²) in [5.41, 5.74) is 1.47. The quantitative estimate of drug-likeness (QED) is 0.624. The lowest BCUT2D eigenvalue weighted by Crippen LogP contribution is -1.87. The van der Waals surface area contributed by atoms with Crippen LogP contribution in [0.2, 0.25) is 0 Å². The zero-order valence-corrected chi connectivity index (χ0v) is 12.1. The van der Waals surface area contributed by atoms with Gasteiger partial charge in [-0.1, -0.05) is 12.1 Å². The highest BCUT2D eigenvalue weighted by Crippen LogP contribution is 2.34. The Labute approximate surface area is 125 Å². The predicted octanol–water partition coefficient (Wildman–Crippen LogP) is 4.07. The summed E-state index contributed by atoms with van der Waals surface area (Å²) in [7, 11) is 0. The molecule has 0 spiro atoms. The number of hydrogen-bond donors (Lipinski definition) is 3. The molecule has 3 rings (SSSR count). The molecule has 1 aromatic heterocycles. The second kappa shape index (κ2) is 5.10. The first-order chi connectivity index (χ1) is 10.1. The first-order valence-corrected chi connectivity index (χ1v) is 7.16. The lowest BCUT2D eigenvalue weighted by molar-refractivity contribution is 0.436. The van der Waals surface area contributed by atoms with Gasteiger partial charge in [0, 0.05) is 11.6 Å². The number of thiazole rings is 1. The van der Waals surface area contributed by atoms with E-state index in [1.54, 1.807) is 6.92 Å². The molecule has 2 aromatic carbocycles. The molecule has 0 aliphatic rings. The third-order valence-corrected chi connectivity index (χ3v) is 4.23. The van der Waals surface area contributed by atoms with Gasteiger partial charge in [0.15, 0.2) is 0 Å². The molecule has 21 heavy (non-hydrogen) atoms. The lowest BCUT2D eigenvalue weighted by Gasteiger charge is -2.07. The Hall–Kier alpha value is -2.53. The summed E-state index contributed by atoms with van der Waals surface area (Å²) < 4.78 is 1.03. The van der Waals surface area contributed by atoms with Gasteiger partial charge in [0.2, 0.25) is 0 Å². The fourth-order valence-electron chi connectivity index (χ4n) is 2.04. The Morgan fingerprint density at radius 1 is 1.14 bits per heavy atom. The van der Waals surface area contributed by atoms with Gasteiger partial charge in [0.25, 0.3) is 0 Å².